The number of fused-ring (bicyclic) bond motifs is 3. The molecule has 1 aromatic carbocycles. The lowest BCUT2D eigenvalue weighted by Crippen LogP contribution is -2.41. The van der Waals surface area contributed by atoms with Crippen LogP contribution in [0.25, 0.3) is 0 Å². The number of allylic oxidation sites excluding steroid dienone is 1. The van der Waals surface area contributed by atoms with Gasteiger partial charge in [0.05, 0.1) is 18.2 Å². The highest BCUT2D eigenvalue weighted by atomic mass is 16.5. The summed E-state index contributed by atoms with van der Waals surface area (Å²) in [5.41, 5.74) is 2.56. The number of carboxylic acid groups (broad SMARTS) is 1. The number of carbonyl (C=O) groups excluding carboxylic acids is 1. The molecule has 2 aliphatic carbocycles. The van der Waals surface area contributed by atoms with Crippen LogP contribution in [0.3, 0.4) is 0 Å². The molecule has 0 aromatic heterocycles. The smallest absolute Gasteiger partial charge is 0.128 e. The Hall–Kier alpha value is -1.81. The van der Waals surface area contributed by atoms with E-state index in [4.69, 9.17) is 9.47 Å². The first-order valence-electron chi connectivity index (χ1n) is 9.51. The lowest BCUT2D eigenvalue weighted by Gasteiger charge is -2.47. The van der Waals surface area contributed by atoms with Crippen LogP contribution in [0.2, 0.25) is 0 Å². The molecule has 134 valence electrons. The van der Waals surface area contributed by atoms with Gasteiger partial charge in [0.1, 0.15) is 12.4 Å². The van der Waals surface area contributed by atoms with Gasteiger partial charge in [-0.15, -0.1) is 0 Å². The SMILES string of the molecule is O=C([O-])COc1ccccc1[C@H]1O[C@H]2CCCC[C@H]2C2=CCCC[C@@H]21. The summed E-state index contributed by atoms with van der Waals surface area (Å²) >= 11 is 0. The van der Waals surface area contributed by atoms with Gasteiger partial charge in [-0.2, -0.15) is 0 Å². The molecule has 1 saturated heterocycles. The number of para-hydroxylation sites is 1. The van der Waals surface area contributed by atoms with Crippen molar-refractivity contribution < 1.29 is 19.4 Å². The van der Waals surface area contributed by atoms with Crippen molar-refractivity contribution in [2.75, 3.05) is 6.61 Å². The van der Waals surface area contributed by atoms with Gasteiger partial charge in [0.2, 0.25) is 0 Å². The molecular formula is C21H25O4-. The molecule has 4 nitrogen and oxygen atoms in total. The Morgan fingerprint density at radius 2 is 1.92 bits per heavy atom. The van der Waals surface area contributed by atoms with E-state index in [1.807, 2.05) is 24.3 Å². The van der Waals surface area contributed by atoms with Crippen LogP contribution < -0.4 is 9.84 Å². The number of aliphatic carboxylic acids is 1. The number of rotatable bonds is 4. The van der Waals surface area contributed by atoms with Crippen LogP contribution in [0, 0.1) is 11.8 Å². The number of benzene rings is 1. The molecule has 25 heavy (non-hydrogen) atoms. The number of carboxylic acids is 1. The standard InChI is InChI=1S/C21H26O4/c22-20(23)13-24-18-11-5-4-10-17(18)21-16-9-2-1-7-14(16)15-8-3-6-12-19(15)25-21/h4-5,7,10-11,15-16,19,21H,1-3,6,8-9,12-13H2,(H,22,23)/p-1/t15-,16-,19-,21-/m0/s1. The van der Waals surface area contributed by atoms with Gasteiger partial charge in [-0.25, -0.2) is 0 Å². The molecule has 4 atom stereocenters. The monoisotopic (exact) mass is 341 g/mol. The largest absolute Gasteiger partial charge is 0.546 e. The van der Waals surface area contributed by atoms with Gasteiger partial charge in [0.15, 0.2) is 0 Å². The number of hydrogen-bond acceptors (Lipinski definition) is 4. The predicted molar refractivity (Wildman–Crippen MR) is 91.9 cm³/mol. The zero-order chi connectivity index (χ0) is 17.2. The zero-order valence-electron chi connectivity index (χ0n) is 14.5. The average molecular weight is 341 g/mol. The second-order valence-electron chi connectivity index (χ2n) is 7.43. The summed E-state index contributed by atoms with van der Waals surface area (Å²) in [5, 5.41) is 10.8. The van der Waals surface area contributed by atoms with Crippen molar-refractivity contribution >= 4 is 5.97 Å². The molecular weight excluding hydrogens is 316 g/mol. The van der Waals surface area contributed by atoms with Crippen molar-refractivity contribution in [3.63, 3.8) is 0 Å². The third kappa shape index (κ3) is 3.32. The highest BCUT2D eigenvalue weighted by Crippen LogP contribution is 2.52. The molecule has 0 amide bonds. The Kier molecular flexibility index (Phi) is 4.80. The highest BCUT2D eigenvalue weighted by Gasteiger charge is 2.44. The Morgan fingerprint density at radius 1 is 1.12 bits per heavy atom. The summed E-state index contributed by atoms with van der Waals surface area (Å²) in [5.74, 6) is 0.369. The fourth-order valence-corrected chi connectivity index (χ4v) is 4.88. The van der Waals surface area contributed by atoms with Crippen LogP contribution in [0.15, 0.2) is 35.9 Å². The highest BCUT2D eigenvalue weighted by molar-refractivity contribution is 5.66. The Morgan fingerprint density at radius 3 is 2.80 bits per heavy atom. The molecule has 0 bridgehead atoms. The van der Waals surface area contributed by atoms with Crippen molar-refractivity contribution in [3.05, 3.63) is 41.5 Å². The van der Waals surface area contributed by atoms with Crippen LogP contribution in [0.4, 0.5) is 0 Å². The number of carbonyl (C=O) groups is 1. The Balaban J connectivity index is 1.66. The maximum Gasteiger partial charge on any atom is 0.128 e. The van der Waals surface area contributed by atoms with E-state index in [2.05, 4.69) is 6.08 Å². The van der Waals surface area contributed by atoms with E-state index in [9.17, 15) is 9.90 Å². The van der Waals surface area contributed by atoms with Gasteiger partial charge in [0.25, 0.3) is 0 Å². The average Bonchev–Trinajstić information content (AvgIpc) is 2.66. The van der Waals surface area contributed by atoms with Gasteiger partial charge in [0, 0.05) is 17.4 Å². The molecule has 1 saturated carbocycles. The molecule has 0 spiro atoms. The predicted octanol–water partition coefficient (Wildman–Crippen LogP) is 3.17. The molecule has 0 unspecified atom stereocenters. The molecule has 1 aliphatic heterocycles. The lowest BCUT2D eigenvalue weighted by molar-refractivity contribution is -0.307. The van der Waals surface area contributed by atoms with E-state index in [1.165, 1.54) is 32.1 Å². The van der Waals surface area contributed by atoms with Gasteiger partial charge in [-0.1, -0.05) is 42.7 Å². The summed E-state index contributed by atoms with van der Waals surface area (Å²) in [4.78, 5) is 10.8. The van der Waals surface area contributed by atoms with Gasteiger partial charge in [-0.05, 0) is 38.2 Å². The summed E-state index contributed by atoms with van der Waals surface area (Å²) in [6.45, 7) is -0.427. The third-order valence-corrected chi connectivity index (χ3v) is 5.92. The topological polar surface area (TPSA) is 58.6 Å². The minimum absolute atomic E-state index is 0.0381. The summed E-state index contributed by atoms with van der Waals surface area (Å²) < 4.78 is 12.1. The Labute approximate surface area is 148 Å². The first kappa shape index (κ1) is 16.6. The molecule has 4 heteroatoms. The van der Waals surface area contributed by atoms with E-state index in [1.54, 1.807) is 5.57 Å². The van der Waals surface area contributed by atoms with Crippen LogP contribution in [-0.4, -0.2) is 18.7 Å². The van der Waals surface area contributed by atoms with E-state index >= 15 is 0 Å². The summed E-state index contributed by atoms with van der Waals surface area (Å²) in [6.07, 6.45) is 11.1. The maximum absolute atomic E-state index is 10.8. The fourth-order valence-electron chi connectivity index (χ4n) is 4.88. The minimum atomic E-state index is -1.20. The van der Waals surface area contributed by atoms with Crippen molar-refractivity contribution in [2.24, 2.45) is 11.8 Å². The van der Waals surface area contributed by atoms with E-state index < -0.39 is 12.6 Å². The molecule has 2 fully saturated rings. The van der Waals surface area contributed by atoms with Crippen molar-refractivity contribution in [3.8, 4) is 5.75 Å². The van der Waals surface area contributed by atoms with Crippen LogP contribution in [0.1, 0.15) is 56.6 Å². The van der Waals surface area contributed by atoms with Crippen molar-refractivity contribution in [1.82, 2.24) is 0 Å². The third-order valence-electron chi connectivity index (χ3n) is 5.92. The van der Waals surface area contributed by atoms with E-state index in [-0.39, 0.29) is 12.2 Å². The molecule has 1 heterocycles. The summed E-state index contributed by atoms with van der Waals surface area (Å²) in [6, 6.07) is 7.70. The van der Waals surface area contributed by atoms with Crippen molar-refractivity contribution in [2.45, 2.75) is 57.2 Å². The molecule has 4 rings (SSSR count). The van der Waals surface area contributed by atoms with Crippen LogP contribution >= 0.6 is 0 Å². The Bertz CT molecular complexity index is 666. The molecule has 1 aromatic rings. The first-order valence-corrected chi connectivity index (χ1v) is 9.51. The molecule has 0 N–H and O–H groups in total. The van der Waals surface area contributed by atoms with Crippen LogP contribution in [0.5, 0.6) is 5.75 Å². The van der Waals surface area contributed by atoms with E-state index in [0.29, 0.717) is 17.6 Å². The number of ether oxygens (including phenoxy) is 2. The normalized spacial score (nSPS) is 31.4. The zero-order valence-corrected chi connectivity index (χ0v) is 14.5. The van der Waals surface area contributed by atoms with Gasteiger partial charge < -0.3 is 19.4 Å². The fraction of sp³-hybridized carbons (Fsp3) is 0.571. The first-order chi connectivity index (χ1) is 12.2. The second-order valence-corrected chi connectivity index (χ2v) is 7.43. The maximum atomic E-state index is 10.8. The second kappa shape index (κ2) is 7.20. The van der Waals surface area contributed by atoms with Gasteiger partial charge >= 0.3 is 0 Å². The molecule has 0 radical (unpaired) electrons. The van der Waals surface area contributed by atoms with Gasteiger partial charge in [-0.3, -0.25) is 0 Å². The van der Waals surface area contributed by atoms with Crippen molar-refractivity contribution in [1.29, 1.82) is 0 Å². The summed E-state index contributed by atoms with van der Waals surface area (Å²) in [7, 11) is 0. The lowest BCUT2D eigenvalue weighted by atomic mass is 9.68. The minimum Gasteiger partial charge on any atom is -0.546 e. The molecule has 3 aliphatic rings. The van der Waals surface area contributed by atoms with E-state index in [0.717, 1.165) is 18.4 Å². The number of hydrogen-bond donors (Lipinski definition) is 0. The quantitative estimate of drug-likeness (QED) is 0.789. The van der Waals surface area contributed by atoms with Crippen LogP contribution in [-0.2, 0) is 9.53 Å².